The van der Waals surface area contributed by atoms with Gasteiger partial charge in [0.1, 0.15) is 10.5 Å². The van der Waals surface area contributed by atoms with Crippen molar-refractivity contribution < 1.29 is 28.7 Å². The minimum atomic E-state index is -1.27. The van der Waals surface area contributed by atoms with Gasteiger partial charge in [-0.05, 0) is 58.4 Å². The lowest BCUT2D eigenvalue weighted by Gasteiger charge is -2.27. The van der Waals surface area contributed by atoms with Crippen molar-refractivity contribution in [3.05, 3.63) is 82.0 Å². The fourth-order valence-corrected chi connectivity index (χ4v) is 7.27. The Hall–Kier alpha value is -4.07. The SMILES string of the molecule is COc1cc(-c2nccc(-c3cccc(-c4ccc(CN(C[C@@H]5CCC(=O)N5)C(=O)O)c(OC)n4)c3Cl)c2Cl)ccc1[C@H](C)N[S+]([O-])C(C)(C)C. The normalized spacial score (nSPS) is 15.6. The van der Waals surface area contributed by atoms with Gasteiger partial charge < -0.3 is 29.3 Å². The Morgan fingerprint density at radius 2 is 1.82 bits per heavy atom. The van der Waals surface area contributed by atoms with E-state index in [2.05, 4.69) is 15.0 Å². The number of amides is 2. The highest BCUT2D eigenvalue weighted by atomic mass is 35.5. The number of carboxylic acid groups (broad SMARTS) is 1. The number of hydrogen-bond donors (Lipinski definition) is 3. The van der Waals surface area contributed by atoms with E-state index in [1.54, 1.807) is 31.5 Å². The second-order valence-electron chi connectivity index (χ2n) is 13.2. The number of aromatic nitrogens is 2. The predicted molar refractivity (Wildman–Crippen MR) is 201 cm³/mol. The molecule has 1 unspecified atom stereocenters. The van der Waals surface area contributed by atoms with Gasteiger partial charge in [-0.15, -0.1) is 4.72 Å². The zero-order chi connectivity index (χ0) is 37.0. The lowest BCUT2D eigenvalue weighted by Crippen LogP contribution is -2.41. The van der Waals surface area contributed by atoms with Crippen LogP contribution < -0.4 is 19.5 Å². The third-order valence-corrected chi connectivity index (χ3v) is 11.0. The Morgan fingerprint density at radius 1 is 1.10 bits per heavy atom. The van der Waals surface area contributed by atoms with Crippen molar-refractivity contribution in [2.45, 2.75) is 63.9 Å². The fourth-order valence-electron chi connectivity index (χ4n) is 5.82. The molecule has 1 fully saturated rings. The zero-order valence-electron chi connectivity index (χ0n) is 29.3. The number of benzene rings is 2. The molecule has 2 amide bonds. The van der Waals surface area contributed by atoms with Crippen LogP contribution in [0.4, 0.5) is 4.79 Å². The van der Waals surface area contributed by atoms with Gasteiger partial charge in [-0.25, -0.2) is 9.78 Å². The van der Waals surface area contributed by atoms with Crippen LogP contribution in [0.1, 0.15) is 57.7 Å². The standard InChI is InChI=1S/C37H41Cl2N5O6S/c1-21(43-51(48)37(2,3)4)25-13-10-22(18-30(25)49-5)34-33(39)27(16-17-40-34)26-8-7-9-28(32(26)38)29-14-11-23(35(42-29)50-6)19-44(36(46)47)20-24-12-15-31(45)41-24/h7-11,13-14,16-18,21,24,43H,12,15,19-20H2,1-6H3,(H,41,45)(H,46,47)/t21-,24-,51?/m0/s1. The highest BCUT2D eigenvalue weighted by molar-refractivity contribution is 7.90. The van der Waals surface area contributed by atoms with E-state index in [0.29, 0.717) is 62.3 Å². The quantitative estimate of drug-likeness (QED) is 0.124. The minimum absolute atomic E-state index is 0.0267. The first-order valence-electron chi connectivity index (χ1n) is 16.3. The smallest absolute Gasteiger partial charge is 0.407 e. The molecule has 3 atom stereocenters. The molecule has 4 aromatic rings. The summed E-state index contributed by atoms with van der Waals surface area (Å²) in [7, 11) is 3.06. The summed E-state index contributed by atoms with van der Waals surface area (Å²) in [5.41, 5.74) is 5.13. The van der Waals surface area contributed by atoms with E-state index in [9.17, 15) is 19.2 Å². The number of carbonyl (C=O) groups is 2. The van der Waals surface area contributed by atoms with Crippen LogP contribution in [0, 0.1) is 0 Å². The maximum Gasteiger partial charge on any atom is 0.407 e. The summed E-state index contributed by atoms with van der Waals surface area (Å²) >= 11 is 12.8. The molecular weight excluding hydrogens is 713 g/mol. The molecule has 3 N–H and O–H groups in total. The van der Waals surface area contributed by atoms with E-state index in [4.69, 9.17) is 37.7 Å². The van der Waals surface area contributed by atoms with Crippen molar-refractivity contribution in [1.82, 2.24) is 24.9 Å². The third-order valence-electron chi connectivity index (χ3n) is 8.56. The molecule has 0 radical (unpaired) electrons. The zero-order valence-corrected chi connectivity index (χ0v) is 31.6. The maximum absolute atomic E-state index is 12.7. The number of hydrogen-bond acceptors (Lipinski definition) is 8. The number of nitrogens with zero attached hydrogens (tertiary/aromatic N) is 3. The van der Waals surface area contributed by atoms with Gasteiger partial charge in [0.25, 0.3) is 0 Å². The Morgan fingerprint density at radius 3 is 2.47 bits per heavy atom. The minimum Gasteiger partial charge on any atom is -0.598 e. The second kappa shape index (κ2) is 16.1. The predicted octanol–water partition coefficient (Wildman–Crippen LogP) is 7.67. The van der Waals surface area contributed by atoms with Gasteiger partial charge in [0.2, 0.25) is 11.8 Å². The van der Waals surface area contributed by atoms with E-state index in [-0.39, 0.29) is 37.0 Å². The average Bonchev–Trinajstić information content (AvgIpc) is 3.51. The summed E-state index contributed by atoms with van der Waals surface area (Å²) in [6.07, 6.45) is 1.51. The second-order valence-corrected chi connectivity index (χ2v) is 16.0. The molecule has 1 aliphatic heterocycles. The highest BCUT2D eigenvalue weighted by Crippen LogP contribution is 2.42. The number of pyridine rings is 2. The molecule has 14 heteroatoms. The molecule has 2 aromatic heterocycles. The first-order valence-corrected chi connectivity index (χ1v) is 18.2. The van der Waals surface area contributed by atoms with E-state index in [1.165, 1.54) is 12.0 Å². The van der Waals surface area contributed by atoms with Gasteiger partial charge in [-0.3, -0.25) is 9.78 Å². The summed E-state index contributed by atoms with van der Waals surface area (Å²) in [4.78, 5) is 34.2. The Bertz CT molecular complexity index is 1920. The van der Waals surface area contributed by atoms with Crippen molar-refractivity contribution in [1.29, 1.82) is 0 Å². The van der Waals surface area contributed by atoms with E-state index in [0.717, 1.165) is 11.1 Å². The molecule has 51 heavy (non-hydrogen) atoms. The van der Waals surface area contributed by atoms with Crippen molar-refractivity contribution in [2.75, 3.05) is 20.8 Å². The molecule has 3 heterocycles. The molecule has 2 aromatic carbocycles. The van der Waals surface area contributed by atoms with Crippen LogP contribution in [0.2, 0.25) is 10.0 Å². The van der Waals surface area contributed by atoms with E-state index in [1.807, 2.05) is 64.1 Å². The number of carbonyl (C=O) groups excluding carboxylic acids is 1. The van der Waals surface area contributed by atoms with Gasteiger partial charge in [0.15, 0.2) is 0 Å². The third kappa shape index (κ3) is 8.70. The highest BCUT2D eigenvalue weighted by Gasteiger charge is 2.30. The Balaban J connectivity index is 1.43. The van der Waals surface area contributed by atoms with Crippen LogP contribution in [-0.4, -0.2) is 68.1 Å². The van der Waals surface area contributed by atoms with Gasteiger partial charge in [-0.1, -0.05) is 53.5 Å². The molecule has 0 aliphatic carbocycles. The summed E-state index contributed by atoms with van der Waals surface area (Å²) in [6.45, 7) is 7.85. The topological polar surface area (TPSA) is 149 Å². The molecule has 11 nitrogen and oxygen atoms in total. The Labute approximate surface area is 311 Å². The largest absolute Gasteiger partial charge is 0.598 e. The van der Waals surface area contributed by atoms with Crippen LogP contribution >= 0.6 is 23.2 Å². The lowest BCUT2D eigenvalue weighted by molar-refractivity contribution is -0.119. The average molecular weight is 755 g/mol. The summed E-state index contributed by atoms with van der Waals surface area (Å²) < 4.78 is 26.8. The van der Waals surface area contributed by atoms with Crippen LogP contribution in [0.5, 0.6) is 11.6 Å². The summed E-state index contributed by atoms with van der Waals surface area (Å²) in [5, 5.41) is 13.5. The van der Waals surface area contributed by atoms with Crippen molar-refractivity contribution in [3.63, 3.8) is 0 Å². The number of halogens is 2. The first-order chi connectivity index (χ1) is 24.2. The monoisotopic (exact) mass is 753 g/mol. The number of nitrogens with one attached hydrogen (secondary N) is 2. The summed E-state index contributed by atoms with van der Waals surface area (Å²) in [5.74, 6) is 0.773. The van der Waals surface area contributed by atoms with Crippen molar-refractivity contribution in [3.8, 4) is 45.3 Å². The van der Waals surface area contributed by atoms with Crippen molar-refractivity contribution in [2.24, 2.45) is 0 Å². The molecule has 0 saturated carbocycles. The molecule has 0 bridgehead atoms. The molecule has 270 valence electrons. The molecule has 5 rings (SSSR count). The van der Waals surface area contributed by atoms with Gasteiger partial charge in [-0.2, -0.15) is 0 Å². The van der Waals surface area contributed by atoms with Gasteiger partial charge in [0, 0.05) is 69.9 Å². The van der Waals surface area contributed by atoms with Crippen LogP contribution in [-0.2, 0) is 22.7 Å². The summed E-state index contributed by atoms with van der Waals surface area (Å²) in [6, 6.07) is 16.1. The Kier molecular flexibility index (Phi) is 12.0. The van der Waals surface area contributed by atoms with E-state index >= 15 is 0 Å². The number of rotatable bonds is 12. The molecular formula is C37H41Cl2N5O6S. The van der Waals surface area contributed by atoms with E-state index < -0.39 is 22.2 Å². The maximum atomic E-state index is 12.7. The van der Waals surface area contributed by atoms with Crippen molar-refractivity contribution >= 4 is 46.6 Å². The van der Waals surface area contributed by atoms with Crippen LogP contribution in [0.3, 0.4) is 0 Å². The molecule has 1 aliphatic rings. The number of methoxy groups -OCH3 is 2. The van der Waals surface area contributed by atoms with Gasteiger partial charge >= 0.3 is 6.09 Å². The van der Waals surface area contributed by atoms with Gasteiger partial charge in [0.05, 0.1) is 48.2 Å². The van der Waals surface area contributed by atoms with Crippen LogP contribution in [0.15, 0.2) is 60.8 Å². The van der Waals surface area contributed by atoms with Crippen LogP contribution in [0.25, 0.3) is 33.6 Å². The fraction of sp³-hybridized carbons (Fsp3) is 0.351. The number of ether oxygens (including phenoxy) is 2. The molecule has 1 saturated heterocycles. The molecule has 0 spiro atoms. The first kappa shape index (κ1) is 38.2. The lowest BCUT2D eigenvalue weighted by atomic mass is 9.98.